The predicted molar refractivity (Wildman–Crippen MR) is 118 cm³/mol. The van der Waals surface area contributed by atoms with Gasteiger partial charge in [0, 0.05) is 28.8 Å². The summed E-state index contributed by atoms with van der Waals surface area (Å²) < 4.78 is 4.14. The van der Waals surface area contributed by atoms with E-state index in [1.165, 1.54) is 4.68 Å². The van der Waals surface area contributed by atoms with Gasteiger partial charge in [0.25, 0.3) is 5.56 Å². The number of benzene rings is 2. The number of para-hydroxylation sites is 1. The van der Waals surface area contributed by atoms with E-state index in [0.29, 0.717) is 18.5 Å². The zero-order valence-electron chi connectivity index (χ0n) is 16.2. The first kappa shape index (κ1) is 19.4. The zero-order valence-corrected chi connectivity index (χ0v) is 17.8. The van der Waals surface area contributed by atoms with Crippen LogP contribution >= 0.6 is 15.9 Å². The van der Waals surface area contributed by atoms with Crippen molar-refractivity contribution in [1.82, 2.24) is 19.7 Å². The standard InChI is InChI=1S/C22H21BrN4O2/c1-3-18(21(28)24-12-14-7-6-8-15(23)11-14)27-19-10-5-4-9-16(19)17-13-25-26(2)22(29)20(17)27/h4-11,13,18H,3,12H2,1-2H3,(H,24,28)/t18-/m0/s1. The number of hydrogen-bond acceptors (Lipinski definition) is 3. The Morgan fingerprint density at radius 2 is 1.97 bits per heavy atom. The number of amides is 1. The number of fused-ring (bicyclic) bond motifs is 3. The van der Waals surface area contributed by atoms with Crippen molar-refractivity contribution < 1.29 is 4.79 Å². The molecule has 0 aliphatic carbocycles. The molecule has 0 saturated heterocycles. The summed E-state index contributed by atoms with van der Waals surface area (Å²) in [7, 11) is 1.62. The van der Waals surface area contributed by atoms with E-state index in [9.17, 15) is 9.59 Å². The van der Waals surface area contributed by atoms with Crippen LogP contribution in [-0.2, 0) is 18.4 Å². The van der Waals surface area contributed by atoms with E-state index in [1.807, 2.05) is 60.0 Å². The summed E-state index contributed by atoms with van der Waals surface area (Å²) in [5.41, 5.74) is 2.16. The van der Waals surface area contributed by atoms with Gasteiger partial charge in [-0.25, -0.2) is 4.68 Å². The largest absolute Gasteiger partial charge is 0.350 e. The van der Waals surface area contributed by atoms with Gasteiger partial charge in [-0.2, -0.15) is 5.10 Å². The number of carbonyl (C=O) groups excluding carboxylic acids is 1. The highest BCUT2D eigenvalue weighted by atomic mass is 79.9. The number of hydrogen-bond donors (Lipinski definition) is 1. The molecule has 2 heterocycles. The average Bonchev–Trinajstić information content (AvgIpc) is 3.05. The molecular weight excluding hydrogens is 432 g/mol. The minimum atomic E-state index is -0.500. The topological polar surface area (TPSA) is 68.9 Å². The van der Waals surface area contributed by atoms with Crippen LogP contribution in [0, 0.1) is 0 Å². The molecule has 0 radical (unpaired) electrons. The van der Waals surface area contributed by atoms with Crippen LogP contribution in [0.25, 0.3) is 21.8 Å². The molecule has 0 aliphatic heterocycles. The second-order valence-electron chi connectivity index (χ2n) is 6.99. The van der Waals surface area contributed by atoms with E-state index in [4.69, 9.17) is 0 Å². The summed E-state index contributed by atoms with van der Waals surface area (Å²) >= 11 is 3.45. The summed E-state index contributed by atoms with van der Waals surface area (Å²) in [6.45, 7) is 2.38. The smallest absolute Gasteiger partial charge is 0.291 e. The van der Waals surface area contributed by atoms with Crippen LogP contribution in [0.5, 0.6) is 0 Å². The SMILES string of the molecule is CC[C@@H](C(=O)NCc1cccc(Br)c1)n1c2ccccc2c2cnn(C)c(=O)c21. The van der Waals surface area contributed by atoms with Crippen LogP contribution in [0.15, 0.2) is 64.0 Å². The fourth-order valence-corrected chi connectivity index (χ4v) is 4.20. The van der Waals surface area contributed by atoms with E-state index < -0.39 is 6.04 Å². The Bertz CT molecular complexity index is 1280. The van der Waals surface area contributed by atoms with Crippen LogP contribution in [0.3, 0.4) is 0 Å². The Labute approximate surface area is 176 Å². The molecule has 1 amide bonds. The molecule has 1 N–H and O–H groups in total. The van der Waals surface area contributed by atoms with Gasteiger partial charge in [-0.1, -0.05) is 53.2 Å². The summed E-state index contributed by atoms with van der Waals surface area (Å²) in [4.78, 5) is 26.1. The van der Waals surface area contributed by atoms with Crippen molar-refractivity contribution in [2.24, 2.45) is 7.05 Å². The Morgan fingerprint density at radius 1 is 1.17 bits per heavy atom. The molecule has 0 unspecified atom stereocenters. The second kappa shape index (κ2) is 7.83. The van der Waals surface area contributed by atoms with Crippen molar-refractivity contribution in [3.8, 4) is 0 Å². The van der Waals surface area contributed by atoms with Gasteiger partial charge in [-0.05, 0) is 30.2 Å². The lowest BCUT2D eigenvalue weighted by Crippen LogP contribution is -2.33. The van der Waals surface area contributed by atoms with Crippen LogP contribution in [0.2, 0.25) is 0 Å². The first-order valence-corrected chi connectivity index (χ1v) is 10.3. The van der Waals surface area contributed by atoms with Gasteiger partial charge in [0.05, 0.1) is 11.7 Å². The molecule has 0 aliphatic rings. The minimum Gasteiger partial charge on any atom is -0.350 e. The molecular formula is C22H21BrN4O2. The summed E-state index contributed by atoms with van der Waals surface area (Å²) in [6.07, 6.45) is 2.26. The van der Waals surface area contributed by atoms with Gasteiger partial charge in [0.1, 0.15) is 11.6 Å². The van der Waals surface area contributed by atoms with Gasteiger partial charge in [0.15, 0.2) is 0 Å². The molecule has 4 aromatic rings. The Kier molecular flexibility index (Phi) is 5.24. The number of rotatable bonds is 5. The number of aromatic nitrogens is 3. The highest BCUT2D eigenvalue weighted by molar-refractivity contribution is 9.10. The summed E-state index contributed by atoms with van der Waals surface area (Å²) in [5.74, 6) is -0.117. The first-order valence-electron chi connectivity index (χ1n) is 9.48. The van der Waals surface area contributed by atoms with E-state index >= 15 is 0 Å². The lowest BCUT2D eigenvalue weighted by Gasteiger charge is -2.19. The molecule has 6 nitrogen and oxygen atoms in total. The third kappa shape index (κ3) is 3.46. The monoisotopic (exact) mass is 452 g/mol. The van der Waals surface area contributed by atoms with Crippen molar-refractivity contribution in [2.75, 3.05) is 0 Å². The summed E-state index contributed by atoms with van der Waals surface area (Å²) in [5, 5.41) is 8.88. The third-order valence-corrected chi connectivity index (χ3v) is 5.66. The lowest BCUT2D eigenvalue weighted by molar-refractivity contribution is -0.124. The van der Waals surface area contributed by atoms with Gasteiger partial charge in [-0.3, -0.25) is 9.59 Å². The molecule has 1 atom stereocenters. The molecule has 0 bridgehead atoms. The fraction of sp³-hybridized carbons (Fsp3) is 0.227. The maximum atomic E-state index is 13.1. The van der Waals surface area contributed by atoms with Crippen molar-refractivity contribution in [1.29, 1.82) is 0 Å². The van der Waals surface area contributed by atoms with Gasteiger partial charge in [0.2, 0.25) is 5.91 Å². The van der Waals surface area contributed by atoms with E-state index in [-0.39, 0.29) is 11.5 Å². The number of aryl methyl sites for hydroxylation is 1. The molecule has 0 spiro atoms. The zero-order chi connectivity index (χ0) is 20.5. The molecule has 2 aromatic carbocycles. The van der Waals surface area contributed by atoms with Crippen molar-refractivity contribution >= 4 is 43.6 Å². The van der Waals surface area contributed by atoms with Gasteiger partial charge >= 0.3 is 0 Å². The van der Waals surface area contributed by atoms with E-state index in [0.717, 1.165) is 26.3 Å². The Hall–Kier alpha value is -2.93. The van der Waals surface area contributed by atoms with Crippen molar-refractivity contribution in [3.63, 3.8) is 0 Å². The molecule has 0 fully saturated rings. The van der Waals surface area contributed by atoms with Crippen molar-refractivity contribution in [3.05, 3.63) is 75.1 Å². The molecule has 0 saturated carbocycles. The summed E-state index contributed by atoms with van der Waals surface area (Å²) in [6, 6.07) is 15.1. The van der Waals surface area contributed by atoms with Gasteiger partial charge < -0.3 is 9.88 Å². The highest BCUT2D eigenvalue weighted by Crippen LogP contribution is 2.30. The molecule has 4 rings (SSSR count). The van der Waals surface area contributed by atoms with Crippen LogP contribution in [0.1, 0.15) is 24.9 Å². The van der Waals surface area contributed by atoms with Crippen LogP contribution in [-0.4, -0.2) is 20.3 Å². The lowest BCUT2D eigenvalue weighted by atomic mass is 10.1. The van der Waals surface area contributed by atoms with Crippen LogP contribution in [0.4, 0.5) is 0 Å². The molecule has 148 valence electrons. The van der Waals surface area contributed by atoms with Gasteiger partial charge in [-0.15, -0.1) is 0 Å². The van der Waals surface area contributed by atoms with Crippen LogP contribution < -0.4 is 10.9 Å². The first-order chi connectivity index (χ1) is 14.0. The normalized spacial score (nSPS) is 12.4. The number of halogens is 1. The number of nitrogens with zero attached hydrogens (tertiary/aromatic N) is 3. The second-order valence-corrected chi connectivity index (χ2v) is 7.91. The van der Waals surface area contributed by atoms with Crippen molar-refractivity contribution in [2.45, 2.75) is 25.9 Å². The number of carbonyl (C=O) groups is 1. The predicted octanol–water partition coefficient (Wildman–Crippen LogP) is 3.92. The maximum Gasteiger partial charge on any atom is 0.291 e. The Balaban J connectivity index is 1.79. The third-order valence-electron chi connectivity index (χ3n) is 5.16. The maximum absolute atomic E-state index is 13.1. The Morgan fingerprint density at radius 3 is 2.72 bits per heavy atom. The number of nitrogens with one attached hydrogen (secondary N) is 1. The molecule has 29 heavy (non-hydrogen) atoms. The molecule has 7 heteroatoms. The fourth-order valence-electron chi connectivity index (χ4n) is 3.75. The quantitative estimate of drug-likeness (QED) is 0.498. The minimum absolute atomic E-state index is 0.117. The molecule has 2 aromatic heterocycles. The van der Waals surface area contributed by atoms with E-state index in [1.54, 1.807) is 13.2 Å². The average molecular weight is 453 g/mol. The van der Waals surface area contributed by atoms with E-state index in [2.05, 4.69) is 26.3 Å². The highest BCUT2D eigenvalue weighted by Gasteiger charge is 2.25.